The fourth-order valence-electron chi connectivity index (χ4n) is 2.23. The first-order chi connectivity index (χ1) is 10.5. The van der Waals surface area contributed by atoms with Crippen LogP contribution in [0.2, 0.25) is 18.1 Å². The van der Waals surface area contributed by atoms with Crippen molar-refractivity contribution in [1.82, 2.24) is 0 Å². The second kappa shape index (κ2) is 6.57. The van der Waals surface area contributed by atoms with Crippen LogP contribution in [-0.2, 0) is 15.8 Å². The van der Waals surface area contributed by atoms with E-state index in [1.165, 1.54) is 0 Å². The van der Waals surface area contributed by atoms with Gasteiger partial charge in [-0.1, -0.05) is 20.8 Å². The Labute approximate surface area is 137 Å². The van der Waals surface area contributed by atoms with E-state index in [4.69, 9.17) is 9.16 Å². The summed E-state index contributed by atoms with van der Waals surface area (Å²) < 4.78 is 51.4. The molecule has 1 saturated carbocycles. The molecule has 2 rings (SSSR count). The topological polar surface area (TPSA) is 18.5 Å². The van der Waals surface area contributed by atoms with Crippen molar-refractivity contribution >= 4 is 8.32 Å². The summed E-state index contributed by atoms with van der Waals surface area (Å²) in [6, 6.07) is 1.41. The molecule has 0 spiro atoms. The number of ether oxygens (including phenoxy) is 1. The molecular formula is C17H25F3O2Si. The molecule has 0 N–H and O–H groups in total. The van der Waals surface area contributed by atoms with Gasteiger partial charge in [-0.15, -0.1) is 0 Å². The highest BCUT2D eigenvalue weighted by Crippen LogP contribution is 2.40. The van der Waals surface area contributed by atoms with E-state index in [0.29, 0.717) is 6.07 Å². The van der Waals surface area contributed by atoms with Gasteiger partial charge in [-0.3, -0.25) is 0 Å². The monoisotopic (exact) mass is 346 g/mol. The molecule has 23 heavy (non-hydrogen) atoms. The highest BCUT2D eigenvalue weighted by atomic mass is 28.4. The largest absolute Gasteiger partial charge is 0.414 e. The van der Waals surface area contributed by atoms with E-state index in [-0.39, 0.29) is 29.4 Å². The summed E-state index contributed by atoms with van der Waals surface area (Å²) in [6.07, 6.45) is 1.68. The standard InChI is InChI=1S/C17H25F3O2Si/c1-17(2,3)23(4,5)22-13-7-12(8-13)21-10-11-6-15(19)16(20)9-14(11)18/h6,9,12-13H,7-8,10H2,1-5H3/t12-,13+. The molecule has 1 aliphatic carbocycles. The van der Waals surface area contributed by atoms with Gasteiger partial charge in [0.15, 0.2) is 20.0 Å². The second-order valence-corrected chi connectivity index (χ2v) is 12.5. The zero-order valence-corrected chi connectivity index (χ0v) is 15.4. The van der Waals surface area contributed by atoms with E-state index in [1.54, 1.807) is 0 Å². The summed E-state index contributed by atoms with van der Waals surface area (Å²) in [5.74, 6) is -3.02. The molecule has 1 fully saturated rings. The van der Waals surface area contributed by atoms with E-state index in [9.17, 15) is 13.2 Å². The van der Waals surface area contributed by atoms with Crippen molar-refractivity contribution in [3.63, 3.8) is 0 Å². The van der Waals surface area contributed by atoms with Crippen molar-refractivity contribution < 1.29 is 22.3 Å². The predicted octanol–water partition coefficient (Wildman–Crippen LogP) is 5.17. The Balaban J connectivity index is 1.80. The van der Waals surface area contributed by atoms with Gasteiger partial charge in [0.2, 0.25) is 0 Å². The lowest BCUT2D eigenvalue weighted by atomic mass is 9.92. The highest BCUT2D eigenvalue weighted by molar-refractivity contribution is 6.74. The van der Waals surface area contributed by atoms with Crippen LogP contribution in [0.1, 0.15) is 39.2 Å². The SMILES string of the molecule is CC(C)(C)[Si](C)(C)O[C@H]1C[C@@H](OCc2cc(F)c(F)cc2F)C1. The summed E-state index contributed by atoms with van der Waals surface area (Å²) in [5.41, 5.74) is 0.0395. The molecule has 6 heteroatoms. The molecule has 0 bridgehead atoms. The molecule has 0 amide bonds. The van der Waals surface area contributed by atoms with Crippen LogP contribution in [0.15, 0.2) is 12.1 Å². The van der Waals surface area contributed by atoms with Crippen molar-refractivity contribution in [2.45, 2.75) is 70.6 Å². The molecule has 1 aromatic rings. The van der Waals surface area contributed by atoms with Gasteiger partial charge in [-0.25, -0.2) is 13.2 Å². The van der Waals surface area contributed by atoms with Gasteiger partial charge in [0, 0.05) is 17.7 Å². The molecule has 0 saturated heterocycles. The number of hydrogen-bond acceptors (Lipinski definition) is 2. The maximum atomic E-state index is 13.5. The van der Waals surface area contributed by atoms with Crippen molar-refractivity contribution in [2.75, 3.05) is 0 Å². The average Bonchev–Trinajstić information content (AvgIpc) is 2.36. The number of rotatable bonds is 5. The molecule has 2 nitrogen and oxygen atoms in total. The smallest absolute Gasteiger partial charge is 0.192 e. The summed E-state index contributed by atoms with van der Waals surface area (Å²) in [5, 5.41) is 0.160. The van der Waals surface area contributed by atoms with Crippen LogP contribution >= 0.6 is 0 Å². The van der Waals surface area contributed by atoms with Gasteiger partial charge >= 0.3 is 0 Å². The molecule has 1 aromatic carbocycles. The van der Waals surface area contributed by atoms with E-state index in [2.05, 4.69) is 33.9 Å². The summed E-state index contributed by atoms with van der Waals surface area (Å²) >= 11 is 0. The first-order valence-electron chi connectivity index (χ1n) is 7.92. The van der Waals surface area contributed by atoms with Gasteiger partial charge in [0.1, 0.15) is 5.82 Å². The molecule has 130 valence electrons. The Morgan fingerprint density at radius 3 is 2.13 bits per heavy atom. The third kappa shape index (κ3) is 4.36. The van der Waals surface area contributed by atoms with Gasteiger partial charge in [0.05, 0.1) is 12.7 Å². The van der Waals surface area contributed by atoms with Gasteiger partial charge in [-0.05, 0) is 37.0 Å². The number of hydrogen-bond donors (Lipinski definition) is 0. The molecule has 0 atom stereocenters. The Morgan fingerprint density at radius 2 is 1.57 bits per heavy atom. The lowest BCUT2D eigenvalue weighted by Crippen LogP contribution is -2.49. The number of halogens is 3. The van der Waals surface area contributed by atoms with E-state index < -0.39 is 25.8 Å². The predicted molar refractivity (Wildman–Crippen MR) is 86.2 cm³/mol. The Hall–Kier alpha value is -0.853. The van der Waals surface area contributed by atoms with Crippen molar-refractivity contribution in [3.8, 4) is 0 Å². The summed E-state index contributed by atoms with van der Waals surface area (Å²) in [6.45, 7) is 10.9. The third-order valence-corrected chi connectivity index (χ3v) is 9.42. The van der Waals surface area contributed by atoms with Crippen LogP contribution in [-0.4, -0.2) is 20.5 Å². The summed E-state index contributed by atoms with van der Waals surface area (Å²) in [7, 11) is -1.78. The van der Waals surface area contributed by atoms with Crippen molar-refractivity contribution in [3.05, 3.63) is 35.1 Å². The Morgan fingerprint density at radius 1 is 1.00 bits per heavy atom. The molecular weight excluding hydrogens is 321 g/mol. The maximum absolute atomic E-state index is 13.5. The first-order valence-corrected chi connectivity index (χ1v) is 10.8. The fraction of sp³-hybridized carbons (Fsp3) is 0.647. The van der Waals surface area contributed by atoms with Crippen molar-refractivity contribution in [2.24, 2.45) is 0 Å². The van der Waals surface area contributed by atoms with Gasteiger partial charge < -0.3 is 9.16 Å². The van der Waals surface area contributed by atoms with Crippen LogP contribution in [0.25, 0.3) is 0 Å². The number of benzene rings is 1. The molecule has 0 unspecified atom stereocenters. The van der Waals surface area contributed by atoms with Crippen LogP contribution in [0.3, 0.4) is 0 Å². The van der Waals surface area contributed by atoms with Crippen LogP contribution in [0, 0.1) is 17.5 Å². The van der Waals surface area contributed by atoms with Gasteiger partial charge in [-0.2, -0.15) is 0 Å². The zero-order chi connectivity index (χ0) is 17.4. The quantitative estimate of drug-likeness (QED) is 0.541. The molecule has 0 heterocycles. The first kappa shape index (κ1) is 18.5. The Bertz CT molecular complexity index is 564. The minimum absolute atomic E-state index is 0.0164. The average molecular weight is 346 g/mol. The maximum Gasteiger partial charge on any atom is 0.192 e. The van der Waals surface area contributed by atoms with E-state index in [1.807, 2.05) is 0 Å². The van der Waals surface area contributed by atoms with E-state index >= 15 is 0 Å². The normalized spacial score (nSPS) is 22.1. The van der Waals surface area contributed by atoms with Crippen LogP contribution in [0.4, 0.5) is 13.2 Å². The van der Waals surface area contributed by atoms with Crippen LogP contribution in [0.5, 0.6) is 0 Å². The fourth-order valence-corrected chi connectivity index (χ4v) is 3.60. The lowest BCUT2D eigenvalue weighted by Gasteiger charge is -2.44. The van der Waals surface area contributed by atoms with E-state index in [0.717, 1.165) is 18.9 Å². The Kier molecular flexibility index (Phi) is 5.28. The van der Waals surface area contributed by atoms with Crippen molar-refractivity contribution in [1.29, 1.82) is 0 Å². The second-order valence-electron chi connectivity index (χ2n) is 7.76. The minimum atomic E-state index is -1.78. The molecule has 0 aliphatic heterocycles. The van der Waals surface area contributed by atoms with Crippen LogP contribution < -0.4 is 0 Å². The molecule has 0 aromatic heterocycles. The molecule has 0 radical (unpaired) electrons. The third-order valence-electron chi connectivity index (χ3n) is 4.88. The highest BCUT2D eigenvalue weighted by Gasteiger charge is 2.42. The van der Waals surface area contributed by atoms with Gasteiger partial charge in [0.25, 0.3) is 0 Å². The lowest BCUT2D eigenvalue weighted by molar-refractivity contribution is -0.0732. The molecule has 1 aliphatic rings. The minimum Gasteiger partial charge on any atom is -0.414 e. The zero-order valence-electron chi connectivity index (χ0n) is 14.4. The summed E-state index contributed by atoms with van der Waals surface area (Å²) in [4.78, 5) is 0.